The van der Waals surface area contributed by atoms with Crippen LogP contribution in [0.15, 0.2) is 78.9 Å². The standard InChI is InChI=1S/C22H17N/c1-2-8-17-13-21-18(12-16(17)7-1)14-22(23-21)20-11-5-9-15-6-3-4-10-19(15)20/h1-13,22-23H,14H2. The van der Waals surface area contributed by atoms with E-state index >= 15 is 0 Å². The van der Waals surface area contributed by atoms with Gasteiger partial charge in [0.25, 0.3) is 0 Å². The van der Waals surface area contributed by atoms with Crippen LogP contribution in [0.2, 0.25) is 0 Å². The number of hydrogen-bond acceptors (Lipinski definition) is 1. The normalized spacial score (nSPS) is 16.4. The van der Waals surface area contributed by atoms with Crippen LogP contribution in [0.1, 0.15) is 17.2 Å². The highest BCUT2D eigenvalue weighted by Gasteiger charge is 2.23. The van der Waals surface area contributed by atoms with Crippen molar-refractivity contribution >= 4 is 27.2 Å². The highest BCUT2D eigenvalue weighted by atomic mass is 14.9. The minimum absolute atomic E-state index is 0.355. The van der Waals surface area contributed by atoms with Gasteiger partial charge in [-0.15, -0.1) is 0 Å². The molecule has 5 rings (SSSR count). The monoisotopic (exact) mass is 295 g/mol. The van der Waals surface area contributed by atoms with Crippen LogP contribution in [-0.4, -0.2) is 0 Å². The summed E-state index contributed by atoms with van der Waals surface area (Å²) in [5, 5.41) is 9.03. The predicted octanol–water partition coefficient (Wildman–Crippen LogP) is 5.70. The Kier molecular flexibility index (Phi) is 2.68. The van der Waals surface area contributed by atoms with Crippen molar-refractivity contribution in [1.29, 1.82) is 0 Å². The average Bonchev–Trinajstić information content (AvgIpc) is 3.01. The molecule has 0 aromatic heterocycles. The molecule has 1 heterocycles. The van der Waals surface area contributed by atoms with E-state index in [2.05, 4.69) is 84.2 Å². The minimum Gasteiger partial charge on any atom is -0.378 e. The van der Waals surface area contributed by atoms with Crippen molar-refractivity contribution in [3.05, 3.63) is 90.0 Å². The Hall–Kier alpha value is -2.80. The largest absolute Gasteiger partial charge is 0.378 e. The van der Waals surface area contributed by atoms with Gasteiger partial charge < -0.3 is 5.32 Å². The molecule has 0 bridgehead atoms. The Morgan fingerprint density at radius 2 is 1.39 bits per heavy atom. The molecule has 0 saturated heterocycles. The lowest BCUT2D eigenvalue weighted by atomic mass is 9.96. The van der Waals surface area contributed by atoms with E-state index in [1.165, 1.54) is 38.4 Å². The van der Waals surface area contributed by atoms with Crippen LogP contribution in [0.5, 0.6) is 0 Å². The molecular formula is C22H17N. The summed E-state index contributed by atoms with van der Waals surface area (Å²) in [6, 6.07) is 28.8. The average molecular weight is 295 g/mol. The van der Waals surface area contributed by atoms with Gasteiger partial charge >= 0.3 is 0 Å². The first-order valence-corrected chi connectivity index (χ1v) is 8.14. The zero-order valence-corrected chi connectivity index (χ0v) is 12.8. The number of benzene rings is 4. The van der Waals surface area contributed by atoms with Crippen molar-refractivity contribution in [3.63, 3.8) is 0 Å². The summed E-state index contributed by atoms with van der Waals surface area (Å²) in [5.74, 6) is 0. The molecule has 0 fully saturated rings. The first kappa shape index (κ1) is 12.7. The molecule has 4 aromatic carbocycles. The van der Waals surface area contributed by atoms with E-state index in [1.54, 1.807) is 0 Å². The SMILES string of the molecule is c1ccc2cc3c(cc2c1)CC(c1cccc2ccccc12)N3. The Morgan fingerprint density at radius 1 is 0.696 bits per heavy atom. The van der Waals surface area contributed by atoms with Crippen LogP contribution < -0.4 is 5.32 Å². The summed E-state index contributed by atoms with van der Waals surface area (Å²) in [5.41, 5.74) is 4.09. The summed E-state index contributed by atoms with van der Waals surface area (Å²) >= 11 is 0. The van der Waals surface area contributed by atoms with Crippen molar-refractivity contribution < 1.29 is 0 Å². The van der Waals surface area contributed by atoms with E-state index in [0.29, 0.717) is 6.04 Å². The second kappa shape index (κ2) is 4.85. The fraction of sp³-hybridized carbons (Fsp3) is 0.0909. The van der Waals surface area contributed by atoms with E-state index in [-0.39, 0.29) is 0 Å². The third-order valence-corrected chi connectivity index (χ3v) is 4.92. The zero-order valence-electron chi connectivity index (χ0n) is 12.8. The summed E-state index contributed by atoms with van der Waals surface area (Å²) < 4.78 is 0. The molecule has 4 aromatic rings. The maximum Gasteiger partial charge on any atom is 0.0561 e. The molecule has 110 valence electrons. The molecule has 1 aliphatic heterocycles. The van der Waals surface area contributed by atoms with Crippen LogP contribution in [0, 0.1) is 0 Å². The summed E-state index contributed by atoms with van der Waals surface area (Å²) in [4.78, 5) is 0. The van der Waals surface area contributed by atoms with Gasteiger partial charge in [0.2, 0.25) is 0 Å². The molecule has 1 aliphatic rings. The van der Waals surface area contributed by atoms with Crippen molar-refractivity contribution in [2.24, 2.45) is 0 Å². The van der Waals surface area contributed by atoms with E-state index in [1.807, 2.05) is 0 Å². The van der Waals surface area contributed by atoms with E-state index in [9.17, 15) is 0 Å². The van der Waals surface area contributed by atoms with Crippen LogP contribution in [0.4, 0.5) is 5.69 Å². The summed E-state index contributed by atoms with van der Waals surface area (Å²) in [7, 11) is 0. The molecule has 23 heavy (non-hydrogen) atoms. The zero-order chi connectivity index (χ0) is 15.2. The molecule has 0 spiro atoms. The third-order valence-electron chi connectivity index (χ3n) is 4.92. The molecule has 1 N–H and O–H groups in total. The van der Waals surface area contributed by atoms with Gasteiger partial charge in [0.05, 0.1) is 6.04 Å². The topological polar surface area (TPSA) is 12.0 Å². The first-order valence-electron chi connectivity index (χ1n) is 8.14. The van der Waals surface area contributed by atoms with Crippen LogP contribution in [0.25, 0.3) is 21.5 Å². The maximum atomic E-state index is 3.74. The van der Waals surface area contributed by atoms with Crippen molar-refractivity contribution in [2.45, 2.75) is 12.5 Å². The summed E-state index contributed by atoms with van der Waals surface area (Å²) in [6.07, 6.45) is 1.05. The Labute approximate surface area is 135 Å². The molecule has 0 amide bonds. The van der Waals surface area contributed by atoms with Crippen LogP contribution in [0.3, 0.4) is 0 Å². The summed E-state index contributed by atoms with van der Waals surface area (Å²) in [6.45, 7) is 0. The third kappa shape index (κ3) is 2.01. The predicted molar refractivity (Wildman–Crippen MR) is 98.0 cm³/mol. The van der Waals surface area contributed by atoms with Gasteiger partial charge in [-0.2, -0.15) is 0 Å². The smallest absolute Gasteiger partial charge is 0.0561 e. The molecule has 0 radical (unpaired) electrons. The fourth-order valence-corrected chi connectivity index (χ4v) is 3.79. The van der Waals surface area contributed by atoms with Gasteiger partial charge in [-0.25, -0.2) is 0 Å². The van der Waals surface area contributed by atoms with Gasteiger partial charge in [-0.05, 0) is 51.2 Å². The molecule has 1 unspecified atom stereocenters. The Balaban J connectivity index is 1.62. The van der Waals surface area contributed by atoms with Gasteiger partial charge in [0.15, 0.2) is 0 Å². The Morgan fingerprint density at radius 3 is 2.26 bits per heavy atom. The van der Waals surface area contributed by atoms with E-state index in [0.717, 1.165) is 6.42 Å². The number of anilines is 1. The molecule has 1 nitrogen and oxygen atoms in total. The van der Waals surface area contributed by atoms with Crippen LogP contribution >= 0.6 is 0 Å². The second-order valence-corrected chi connectivity index (χ2v) is 6.33. The number of rotatable bonds is 1. The van der Waals surface area contributed by atoms with E-state index < -0.39 is 0 Å². The molecule has 1 atom stereocenters. The number of nitrogens with one attached hydrogen (secondary N) is 1. The molecule has 1 heteroatoms. The van der Waals surface area contributed by atoms with Gasteiger partial charge in [0, 0.05) is 5.69 Å². The lowest BCUT2D eigenvalue weighted by Crippen LogP contribution is -2.06. The minimum atomic E-state index is 0.355. The Bertz CT molecular complexity index is 982. The highest BCUT2D eigenvalue weighted by molar-refractivity contribution is 5.90. The van der Waals surface area contributed by atoms with Gasteiger partial charge in [-0.3, -0.25) is 0 Å². The first-order chi connectivity index (χ1) is 11.4. The van der Waals surface area contributed by atoms with E-state index in [4.69, 9.17) is 0 Å². The van der Waals surface area contributed by atoms with Gasteiger partial charge in [-0.1, -0.05) is 66.7 Å². The van der Waals surface area contributed by atoms with Gasteiger partial charge in [0.1, 0.15) is 0 Å². The number of fused-ring (bicyclic) bond motifs is 3. The highest BCUT2D eigenvalue weighted by Crippen LogP contribution is 2.38. The molecule has 0 saturated carbocycles. The van der Waals surface area contributed by atoms with Crippen LogP contribution in [-0.2, 0) is 6.42 Å². The molecule has 0 aliphatic carbocycles. The maximum absolute atomic E-state index is 3.74. The lowest BCUT2D eigenvalue weighted by Gasteiger charge is -2.14. The number of hydrogen-bond donors (Lipinski definition) is 1. The van der Waals surface area contributed by atoms with Crippen molar-refractivity contribution in [3.8, 4) is 0 Å². The van der Waals surface area contributed by atoms with Crippen molar-refractivity contribution in [1.82, 2.24) is 0 Å². The quantitative estimate of drug-likeness (QED) is 0.475. The lowest BCUT2D eigenvalue weighted by molar-refractivity contribution is 0.832. The fourth-order valence-electron chi connectivity index (χ4n) is 3.79. The second-order valence-electron chi connectivity index (χ2n) is 6.33. The molecular weight excluding hydrogens is 278 g/mol. The van der Waals surface area contributed by atoms with Crippen molar-refractivity contribution in [2.75, 3.05) is 5.32 Å².